The zero-order valence-electron chi connectivity index (χ0n) is 10.8. The Labute approximate surface area is 116 Å². The minimum absolute atomic E-state index is 0.0609. The summed E-state index contributed by atoms with van der Waals surface area (Å²) in [5.74, 6) is 0.420. The van der Waals surface area contributed by atoms with Gasteiger partial charge in [0.1, 0.15) is 5.75 Å². The lowest BCUT2D eigenvalue weighted by molar-refractivity contribution is 0.0926. The van der Waals surface area contributed by atoms with Crippen molar-refractivity contribution in [1.82, 2.24) is 5.32 Å². The average molecular weight is 316 g/mol. The third kappa shape index (κ3) is 4.31. The maximum absolute atomic E-state index is 12.1. The van der Waals surface area contributed by atoms with Crippen LogP contribution in [0.15, 0.2) is 22.7 Å². The fourth-order valence-electron chi connectivity index (χ4n) is 1.52. The molecule has 1 atom stereocenters. The second kappa shape index (κ2) is 7.38. The SMILES string of the molecule is COCCC(C)NC(=O)c1ccc(Br)cc1OC. The van der Waals surface area contributed by atoms with Gasteiger partial charge < -0.3 is 14.8 Å². The Bertz CT molecular complexity index is 409. The number of hydrogen-bond donors (Lipinski definition) is 1. The Morgan fingerprint density at radius 3 is 2.78 bits per heavy atom. The van der Waals surface area contributed by atoms with Gasteiger partial charge in [-0.25, -0.2) is 0 Å². The van der Waals surface area contributed by atoms with Gasteiger partial charge in [-0.15, -0.1) is 0 Å². The second-order valence-corrected chi connectivity index (χ2v) is 4.92. The highest BCUT2D eigenvalue weighted by molar-refractivity contribution is 9.10. The van der Waals surface area contributed by atoms with Crippen molar-refractivity contribution in [3.63, 3.8) is 0 Å². The summed E-state index contributed by atoms with van der Waals surface area (Å²) in [5, 5.41) is 2.91. The lowest BCUT2D eigenvalue weighted by atomic mass is 10.1. The largest absolute Gasteiger partial charge is 0.496 e. The quantitative estimate of drug-likeness (QED) is 0.877. The molecule has 1 rings (SSSR count). The zero-order valence-corrected chi connectivity index (χ0v) is 12.4. The normalized spacial score (nSPS) is 12.0. The van der Waals surface area contributed by atoms with Gasteiger partial charge in [0.25, 0.3) is 5.91 Å². The Morgan fingerprint density at radius 2 is 2.17 bits per heavy atom. The first-order valence-corrected chi connectivity index (χ1v) is 6.51. The molecule has 1 aromatic carbocycles. The molecule has 0 aliphatic heterocycles. The predicted octanol–water partition coefficient (Wildman–Crippen LogP) is 2.61. The van der Waals surface area contributed by atoms with Crippen LogP contribution in [-0.4, -0.2) is 32.8 Å². The highest BCUT2D eigenvalue weighted by Crippen LogP contribution is 2.23. The van der Waals surface area contributed by atoms with Crippen molar-refractivity contribution in [3.8, 4) is 5.75 Å². The van der Waals surface area contributed by atoms with E-state index in [1.54, 1.807) is 26.4 Å². The fourth-order valence-corrected chi connectivity index (χ4v) is 1.86. The van der Waals surface area contributed by atoms with Crippen molar-refractivity contribution in [2.24, 2.45) is 0 Å². The maximum atomic E-state index is 12.1. The lowest BCUT2D eigenvalue weighted by Crippen LogP contribution is -2.33. The van der Waals surface area contributed by atoms with Crippen molar-refractivity contribution in [3.05, 3.63) is 28.2 Å². The van der Waals surface area contributed by atoms with E-state index in [9.17, 15) is 4.79 Å². The van der Waals surface area contributed by atoms with Gasteiger partial charge in [0.2, 0.25) is 0 Å². The molecular formula is C13H18BrNO3. The first kappa shape index (κ1) is 15.0. The van der Waals surface area contributed by atoms with E-state index in [1.165, 1.54) is 0 Å². The van der Waals surface area contributed by atoms with Crippen LogP contribution in [0.1, 0.15) is 23.7 Å². The number of hydrogen-bond acceptors (Lipinski definition) is 3. The topological polar surface area (TPSA) is 47.6 Å². The molecule has 1 amide bonds. The number of rotatable bonds is 6. The van der Waals surface area contributed by atoms with Crippen molar-refractivity contribution >= 4 is 21.8 Å². The molecule has 0 aliphatic carbocycles. The monoisotopic (exact) mass is 315 g/mol. The van der Waals surface area contributed by atoms with Crippen molar-refractivity contribution in [2.75, 3.05) is 20.8 Å². The number of benzene rings is 1. The van der Waals surface area contributed by atoms with Gasteiger partial charge in [0.05, 0.1) is 12.7 Å². The van der Waals surface area contributed by atoms with Gasteiger partial charge in [-0.1, -0.05) is 15.9 Å². The summed E-state index contributed by atoms with van der Waals surface area (Å²) in [6.45, 7) is 2.57. The molecule has 0 aliphatic rings. The van der Waals surface area contributed by atoms with E-state index in [4.69, 9.17) is 9.47 Å². The van der Waals surface area contributed by atoms with E-state index in [0.717, 1.165) is 10.9 Å². The predicted molar refractivity (Wildman–Crippen MR) is 74.1 cm³/mol. The highest BCUT2D eigenvalue weighted by atomic mass is 79.9. The van der Waals surface area contributed by atoms with E-state index in [0.29, 0.717) is 17.9 Å². The van der Waals surface area contributed by atoms with E-state index >= 15 is 0 Å². The van der Waals surface area contributed by atoms with Gasteiger partial charge in [-0.2, -0.15) is 0 Å². The fraction of sp³-hybridized carbons (Fsp3) is 0.462. The molecule has 5 heteroatoms. The molecule has 0 saturated carbocycles. The second-order valence-electron chi connectivity index (χ2n) is 4.00. The molecular weight excluding hydrogens is 298 g/mol. The summed E-state index contributed by atoms with van der Waals surface area (Å²) in [6, 6.07) is 5.39. The average Bonchev–Trinajstić information content (AvgIpc) is 2.35. The molecule has 0 saturated heterocycles. The van der Waals surface area contributed by atoms with Gasteiger partial charge in [-0.05, 0) is 31.5 Å². The van der Waals surface area contributed by atoms with Crippen LogP contribution in [0.3, 0.4) is 0 Å². The number of amides is 1. The summed E-state index contributed by atoms with van der Waals surface area (Å²) in [7, 11) is 3.19. The molecule has 0 aromatic heterocycles. The maximum Gasteiger partial charge on any atom is 0.255 e. The van der Waals surface area contributed by atoms with Crippen molar-refractivity contribution in [2.45, 2.75) is 19.4 Å². The van der Waals surface area contributed by atoms with E-state index in [2.05, 4.69) is 21.2 Å². The Balaban J connectivity index is 2.72. The number of ether oxygens (including phenoxy) is 2. The van der Waals surface area contributed by atoms with Crippen LogP contribution >= 0.6 is 15.9 Å². The van der Waals surface area contributed by atoms with E-state index in [1.807, 2.05) is 13.0 Å². The number of nitrogens with one attached hydrogen (secondary N) is 1. The van der Waals surface area contributed by atoms with Crippen LogP contribution in [0.2, 0.25) is 0 Å². The third-order valence-electron chi connectivity index (χ3n) is 2.54. The lowest BCUT2D eigenvalue weighted by Gasteiger charge is -2.15. The van der Waals surface area contributed by atoms with E-state index in [-0.39, 0.29) is 11.9 Å². The molecule has 0 spiro atoms. The summed E-state index contributed by atoms with van der Waals surface area (Å²) in [6.07, 6.45) is 0.779. The van der Waals surface area contributed by atoms with Crippen LogP contribution in [-0.2, 0) is 4.74 Å². The summed E-state index contributed by atoms with van der Waals surface area (Å²) >= 11 is 3.34. The Kier molecular flexibility index (Phi) is 6.15. The zero-order chi connectivity index (χ0) is 13.5. The Morgan fingerprint density at radius 1 is 1.44 bits per heavy atom. The number of methoxy groups -OCH3 is 2. The standard InChI is InChI=1S/C13H18BrNO3/c1-9(6-7-17-2)15-13(16)11-5-4-10(14)8-12(11)18-3/h4-5,8-9H,6-7H2,1-3H3,(H,15,16). The molecule has 0 fully saturated rings. The number of carbonyl (C=O) groups excluding carboxylic acids is 1. The molecule has 1 unspecified atom stereocenters. The first-order chi connectivity index (χ1) is 8.58. The molecule has 0 radical (unpaired) electrons. The van der Waals surface area contributed by atoms with Crippen LogP contribution in [0.25, 0.3) is 0 Å². The van der Waals surface area contributed by atoms with Crippen LogP contribution < -0.4 is 10.1 Å². The summed E-state index contributed by atoms with van der Waals surface area (Å²) in [5.41, 5.74) is 0.532. The Hall–Kier alpha value is -1.07. The van der Waals surface area contributed by atoms with Gasteiger partial charge in [0, 0.05) is 24.2 Å². The molecule has 0 heterocycles. The third-order valence-corrected chi connectivity index (χ3v) is 3.03. The smallest absolute Gasteiger partial charge is 0.255 e. The van der Waals surface area contributed by atoms with Crippen LogP contribution in [0, 0.1) is 0 Å². The van der Waals surface area contributed by atoms with Crippen molar-refractivity contribution < 1.29 is 14.3 Å². The van der Waals surface area contributed by atoms with Gasteiger partial charge >= 0.3 is 0 Å². The van der Waals surface area contributed by atoms with Crippen molar-refractivity contribution in [1.29, 1.82) is 0 Å². The minimum Gasteiger partial charge on any atom is -0.496 e. The molecule has 1 aromatic rings. The molecule has 4 nitrogen and oxygen atoms in total. The van der Waals surface area contributed by atoms with Crippen LogP contribution in [0.4, 0.5) is 0 Å². The van der Waals surface area contributed by atoms with Crippen LogP contribution in [0.5, 0.6) is 5.75 Å². The molecule has 0 bridgehead atoms. The molecule has 1 N–H and O–H groups in total. The summed E-state index contributed by atoms with van der Waals surface area (Å²) < 4.78 is 11.1. The molecule has 100 valence electrons. The summed E-state index contributed by atoms with van der Waals surface area (Å²) in [4.78, 5) is 12.1. The van der Waals surface area contributed by atoms with Gasteiger partial charge in [0.15, 0.2) is 0 Å². The first-order valence-electron chi connectivity index (χ1n) is 5.71. The number of halogens is 1. The minimum atomic E-state index is -0.136. The van der Waals surface area contributed by atoms with Gasteiger partial charge in [-0.3, -0.25) is 4.79 Å². The van der Waals surface area contributed by atoms with E-state index < -0.39 is 0 Å². The molecule has 18 heavy (non-hydrogen) atoms. The highest BCUT2D eigenvalue weighted by Gasteiger charge is 2.14. The number of carbonyl (C=O) groups is 1.